The number of hydrogen-bond donors (Lipinski definition) is 1. The van der Waals surface area contributed by atoms with E-state index in [0.717, 1.165) is 25.8 Å². The summed E-state index contributed by atoms with van der Waals surface area (Å²) in [7, 11) is 0. The fraction of sp³-hybridized carbons (Fsp3) is 0.316. The molecule has 6 nitrogen and oxygen atoms in total. The fourth-order valence-electron chi connectivity index (χ4n) is 3.28. The quantitative estimate of drug-likeness (QED) is 0.687. The third-order valence-corrected chi connectivity index (χ3v) is 4.82. The molecular weight excluding hydrogens is 318 g/mol. The topological polar surface area (TPSA) is 75.5 Å². The van der Waals surface area contributed by atoms with Crippen molar-refractivity contribution < 1.29 is 9.72 Å². The van der Waals surface area contributed by atoms with Crippen molar-refractivity contribution in [1.82, 2.24) is 5.32 Å². The van der Waals surface area contributed by atoms with Gasteiger partial charge in [0.2, 0.25) is 0 Å². The summed E-state index contributed by atoms with van der Waals surface area (Å²) in [6, 6.07) is 13.2. The van der Waals surface area contributed by atoms with E-state index in [1.165, 1.54) is 17.2 Å². The number of nitro benzene ring substituents is 1. The van der Waals surface area contributed by atoms with Gasteiger partial charge in [-0.05, 0) is 42.5 Å². The summed E-state index contributed by atoms with van der Waals surface area (Å²) in [6.45, 7) is 1.37. The average molecular weight is 337 g/mol. The number of hydrogen-bond acceptors (Lipinski definition) is 4. The normalized spacial score (nSPS) is 16.2. The Morgan fingerprint density at radius 2 is 1.92 bits per heavy atom. The van der Waals surface area contributed by atoms with E-state index in [-0.39, 0.29) is 17.6 Å². The molecule has 2 aromatic carbocycles. The number of rotatable bonds is 4. The summed E-state index contributed by atoms with van der Waals surface area (Å²) in [6.07, 6.45) is 2.83. The maximum Gasteiger partial charge on any atom is 0.293 e. The van der Waals surface area contributed by atoms with Crippen LogP contribution in [0.4, 0.5) is 11.4 Å². The molecule has 1 heterocycles. The largest absolute Gasteiger partial charge is 0.361 e. The Labute approximate surface area is 145 Å². The van der Waals surface area contributed by atoms with E-state index in [1.54, 1.807) is 12.1 Å². The molecule has 0 atom stereocenters. The lowest BCUT2D eigenvalue weighted by Crippen LogP contribution is -2.31. The Morgan fingerprint density at radius 1 is 1.16 bits per heavy atom. The minimum absolute atomic E-state index is 0.0113. The van der Waals surface area contributed by atoms with Crippen molar-refractivity contribution in [3.63, 3.8) is 0 Å². The summed E-state index contributed by atoms with van der Waals surface area (Å²) in [4.78, 5) is 25.4. The monoisotopic (exact) mass is 337 g/mol. The van der Waals surface area contributed by atoms with Gasteiger partial charge in [0.25, 0.3) is 11.6 Å². The van der Waals surface area contributed by atoms with Crippen LogP contribution in [-0.2, 0) is 13.0 Å². The third-order valence-electron chi connectivity index (χ3n) is 4.82. The average Bonchev–Trinajstić information content (AvgIpc) is 3.44. The van der Waals surface area contributed by atoms with Crippen LogP contribution in [0.1, 0.15) is 34.3 Å². The van der Waals surface area contributed by atoms with Crippen LogP contribution in [0.5, 0.6) is 0 Å². The molecule has 6 heteroatoms. The van der Waals surface area contributed by atoms with Gasteiger partial charge in [-0.3, -0.25) is 14.9 Å². The Morgan fingerprint density at radius 3 is 2.64 bits per heavy atom. The van der Waals surface area contributed by atoms with Crippen LogP contribution in [0.15, 0.2) is 42.5 Å². The zero-order valence-electron chi connectivity index (χ0n) is 13.8. The zero-order valence-corrected chi connectivity index (χ0v) is 13.8. The number of benzene rings is 2. The predicted octanol–water partition coefficient (Wildman–Crippen LogP) is 3.05. The van der Waals surface area contributed by atoms with Gasteiger partial charge < -0.3 is 10.2 Å². The van der Waals surface area contributed by atoms with Gasteiger partial charge in [-0.1, -0.05) is 24.3 Å². The van der Waals surface area contributed by atoms with Crippen molar-refractivity contribution in [2.45, 2.75) is 31.8 Å². The molecule has 2 aliphatic rings. The molecule has 1 aliphatic carbocycles. The molecule has 1 N–H and O–H groups in total. The molecule has 0 aromatic heterocycles. The van der Waals surface area contributed by atoms with Crippen LogP contribution in [0.2, 0.25) is 0 Å². The molecule has 0 spiro atoms. The van der Waals surface area contributed by atoms with Crippen molar-refractivity contribution >= 4 is 17.3 Å². The highest BCUT2D eigenvalue weighted by Crippen LogP contribution is 2.33. The standard InChI is InChI=1S/C19H19N3O3/c23-19(20-16-6-7-16)14-5-8-17(18(11-14)22(24)25)21-10-9-13-3-1-2-4-15(13)12-21/h1-5,8,11,16H,6-7,9-10,12H2,(H,20,23). The molecule has 25 heavy (non-hydrogen) atoms. The molecule has 128 valence electrons. The van der Waals surface area contributed by atoms with Gasteiger partial charge in [-0.15, -0.1) is 0 Å². The summed E-state index contributed by atoms with van der Waals surface area (Å²) in [5.74, 6) is -0.235. The summed E-state index contributed by atoms with van der Waals surface area (Å²) >= 11 is 0. The Hall–Kier alpha value is -2.89. The molecule has 0 unspecified atom stereocenters. The zero-order chi connectivity index (χ0) is 17.4. The molecule has 1 amide bonds. The second-order valence-electron chi connectivity index (χ2n) is 6.65. The van der Waals surface area contributed by atoms with Crippen LogP contribution in [0.3, 0.4) is 0 Å². The van der Waals surface area contributed by atoms with Gasteiger partial charge in [0.1, 0.15) is 5.69 Å². The van der Waals surface area contributed by atoms with Gasteiger partial charge in [-0.25, -0.2) is 0 Å². The van der Waals surface area contributed by atoms with E-state index in [0.29, 0.717) is 17.8 Å². The number of nitro groups is 1. The Bertz CT molecular complexity index is 846. The molecule has 0 radical (unpaired) electrons. The van der Waals surface area contributed by atoms with E-state index < -0.39 is 4.92 Å². The van der Waals surface area contributed by atoms with Crippen LogP contribution < -0.4 is 10.2 Å². The SMILES string of the molecule is O=C(NC1CC1)c1ccc(N2CCc3ccccc3C2)c([N+](=O)[O-])c1. The van der Waals surface area contributed by atoms with Crippen LogP contribution in [0, 0.1) is 10.1 Å². The predicted molar refractivity (Wildman–Crippen MR) is 94.8 cm³/mol. The first-order valence-electron chi connectivity index (χ1n) is 8.53. The summed E-state index contributed by atoms with van der Waals surface area (Å²) < 4.78 is 0. The molecule has 1 aliphatic heterocycles. The van der Waals surface area contributed by atoms with E-state index in [2.05, 4.69) is 17.4 Å². The van der Waals surface area contributed by atoms with Gasteiger partial charge in [0.15, 0.2) is 0 Å². The van der Waals surface area contributed by atoms with Crippen LogP contribution >= 0.6 is 0 Å². The molecule has 1 saturated carbocycles. The van der Waals surface area contributed by atoms with Gasteiger partial charge in [0.05, 0.1) is 4.92 Å². The van der Waals surface area contributed by atoms with Crippen molar-refractivity contribution in [1.29, 1.82) is 0 Å². The maximum absolute atomic E-state index is 12.2. The lowest BCUT2D eigenvalue weighted by Gasteiger charge is -2.30. The summed E-state index contributed by atoms with van der Waals surface area (Å²) in [5.41, 5.74) is 3.39. The van der Waals surface area contributed by atoms with E-state index in [1.807, 2.05) is 17.0 Å². The molecule has 2 aromatic rings. The second kappa shape index (κ2) is 6.20. The van der Waals surface area contributed by atoms with Crippen molar-refractivity contribution in [3.05, 3.63) is 69.3 Å². The Kier molecular flexibility index (Phi) is 3.87. The number of anilines is 1. The van der Waals surface area contributed by atoms with Gasteiger partial charge in [0, 0.05) is 30.8 Å². The molecular formula is C19H19N3O3. The number of nitrogens with zero attached hydrogens (tertiary/aromatic N) is 2. The van der Waals surface area contributed by atoms with E-state index in [4.69, 9.17) is 0 Å². The molecule has 1 fully saturated rings. The van der Waals surface area contributed by atoms with E-state index >= 15 is 0 Å². The van der Waals surface area contributed by atoms with Crippen LogP contribution in [0.25, 0.3) is 0 Å². The maximum atomic E-state index is 12.2. The van der Waals surface area contributed by atoms with Crippen LogP contribution in [-0.4, -0.2) is 23.4 Å². The number of fused-ring (bicyclic) bond motifs is 1. The summed E-state index contributed by atoms with van der Waals surface area (Å²) in [5, 5.41) is 14.4. The van der Waals surface area contributed by atoms with Crippen molar-refractivity contribution in [3.8, 4) is 0 Å². The lowest BCUT2D eigenvalue weighted by atomic mass is 9.99. The second-order valence-corrected chi connectivity index (χ2v) is 6.65. The van der Waals surface area contributed by atoms with Crippen molar-refractivity contribution in [2.24, 2.45) is 0 Å². The first-order valence-corrected chi connectivity index (χ1v) is 8.53. The third kappa shape index (κ3) is 3.20. The minimum atomic E-state index is -0.399. The minimum Gasteiger partial charge on any atom is -0.361 e. The number of carbonyl (C=O) groups excluding carboxylic acids is 1. The first kappa shape index (κ1) is 15.6. The van der Waals surface area contributed by atoms with Gasteiger partial charge in [-0.2, -0.15) is 0 Å². The first-order chi connectivity index (χ1) is 12.1. The van der Waals surface area contributed by atoms with Gasteiger partial charge >= 0.3 is 0 Å². The fourth-order valence-corrected chi connectivity index (χ4v) is 3.28. The smallest absolute Gasteiger partial charge is 0.293 e. The number of amides is 1. The number of carbonyl (C=O) groups is 1. The van der Waals surface area contributed by atoms with Crippen molar-refractivity contribution in [2.75, 3.05) is 11.4 Å². The molecule has 0 bridgehead atoms. The molecule has 0 saturated heterocycles. The lowest BCUT2D eigenvalue weighted by molar-refractivity contribution is -0.384. The van der Waals surface area contributed by atoms with E-state index in [9.17, 15) is 14.9 Å². The highest BCUT2D eigenvalue weighted by atomic mass is 16.6. The Balaban J connectivity index is 1.63. The molecule has 4 rings (SSSR count). The highest BCUT2D eigenvalue weighted by molar-refractivity contribution is 5.96. The number of nitrogens with one attached hydrogen (secondary N) is 1. The highest BCUT2D eigenvalue weighted by Gasteiger charge is 2.27.